The molecule has 9 nitrogen and oxygen atoms in total. The summed E-state index contributed by atoms with van der Waals surface area (Å²) < 4.78 is 24.1. The molecule has 4 rings (SSSR count). The van der Waals surface area contributed by atoms with Crippen LogP contribution in [0, 0.1) is 0 Å². The summed E-state index contributed by atoms with van der Waals surface area (Å²) in [6.45, 7) is 17.0. The second kappa shape index (κ2) is 13.1. The molecule has 1 N–H and O–H groups in total. The van der Waals surface area contributed by atoms with Crippen LogP contribution in [0.15, 0.2) is 36.4 Å². The van der Waals surface area contributed by atoms with E-state index in [1.165, 1.54) is 0 Å². The topological polar surface area (TPSA) is 97.8 Å². The Morgan fingerprint density at radius 2 is 1.73 bits per heavy atom. The fourth-order valence-electron chi connectivity index (χ4n) is 5.32. The van der Waals surface area contributed by atoms with Crippen molar-refractivity contribution >= 4 is 37.6 Å². The lowest BCUT2D eigenvalue weighted by molar-refractivity contribution is -0.129. The van der Waals surface area contributed by atoms with Crippen LogP contribution in [0.3, 0.4) is 0 Å². The van der Waals surface area contributed by atoms with Gasteiger partial charge in [-0.2, -0.15) is 0 Å². The molecule has 0 spiro atoms. The highest BCUT2D eigenvalue weighted by atomic mass is 35.5. The largest absolute Gasteiger partial charge is 0.497 e. The summed E-state index contributed by atoms with van der Waals surface area (Å²) in [6, 6.07) is 11.1. The lowest BCUT2D eigenvalue weighted by Gasteiger charge is -2.49. The number of nitrogens with zero attached hydrogens (tertiary/aromatic N) is 2. The van der Waals surface area contributed by atoms with Crippen molar-refractivity contribution in [3.05, 3.63) is 52.5 Å². The Morgan fingerprint density at radius 3 is 2.33 bits per heavy atom. The van der Waals surface area contributed by atoms with Crippen molar-refractivity contribution in [2.24, 2.45) is 0 Å². The number of likely N-dealkylation sites (tertiary alicyclic amines) is 1. The minimum absolute atomic E-state index is 0.0201. The SMILES string of the molecule is COc1ccc(CN2C(=O)CCc3c(OC[C@]4(O)CCN(C(=O)OC(C)(C)C)C[C@H]4O[Si](C)(C)C(C)(C)C)ccc(Cl)c32)cc1. The number of ether oxygens (including phenoxy) is 3. The van der Waals surface area contributed by atoms with Gasteiger partial charge in [0.2, 0.25) is 5.91 Å². The molecule has 1 fully saturated rings. The molecule has 2 amide bonds. The lowest BCUT2D eigenvalue weighted by Crippen LogP contribution is -2.63. The maximum atomic E-state index is 13.1. The van der Waals surface area contributed by atoms with Gasteiger partial charge in [0.05, 0.1) is 37.0 Å². The van der Waals surface area contributed by atoms with Crippen LogP contribution in [0.1, 0.15) is 65.5 Å². The lowest BCUT2D eigenvalue weighted by atomic mass is 9.89. The van der Waals surface area contributed by atoms with Gasteiger partial charge < -0.3 is 33.5 Å². The number of halogens is 1. The zero-order valence-corrected chi connectivity index (χ0v) is 29.9. The number of piperidine rings is 1. The smallest absolute Gasteiger partial charge is 0.410 e. The van der Waals surface area contributed by atoms with Gasteiger partial charge in [-0.15, -0.1) is 0 Å². The van der Waals surface area contributed by atoms with E-state index in [0.29, 0.717) is 42.4 Å². The molecular weight excluding hydrogens is 612 g/mol. The summed E-state index contributed by atoms with van der Waals surface area (Å²) >= 11 is 6.71. The van der Waals surface area contributed by atoms with Gasteiger partial charge in [0.1, 0.15) is 29.3 Å². The molecule has 2 aliphatic heterocycles. The molecule has 2 aromatic carbocycles. The Morgan fingerprint density at radius 1 is 1.07 bits per heavy atom. The number of carbonyl (C=O) groups excluding carboxylic acids is 2. The zero-order valence-electron chi connectivity index (χ0n) is 28.2. The third-order valence-electron chi connectivity index (χ3n) is 9.02. The highest BCUT2D eigenvalue weighted by Crippen LogP contribution is 2.43. The summed E-state index contributed by atoms with van der Waals surface area (Å²) in [4.78, 5) is 29.5. The highest BCUT2D eigenvalue weighted by Gasteiger charge is 2.50. The maximum Gasteiger partial charge on any atom is 0.410 e. The summed E-state index contributed by atoms with van der Waals surface area (Å²) in [6.07, 6.45) is -0.0773. The monoisotopic (exact) mass is 660 g/mol. The third kappa shape index (κ3) is 8.14. The number of methoxy groups -OCH3 is 1. The van der Waals surface area contributed by atoms with Crippen LogP contribution in [0.25, 0.3) is 0 Å². The molecule has 2 aromatic rings. The summed E-state index contributed by atoms with van der Waals surface area (Å²) in [7, 11) is -0.741. The van der Waals surface area contributed by atoms with Gasteiger partial charge in [0.15, 0.2) is 8.32 Å². The van der Waals surface area contributed by atoms with Gasteiger partial charge in [-0.05, 0) is 81.6 Å². The van der Waals surface area contributed by atoms with Crippen LogP contribution < -0.4 is 14.4 Å². The zero-order chi connectivity index (χ0) is 33.4. The van der Waals surface area contributed by atoms with Crippen LogP contribution in [0.5, 0.6) is 11.5 Å². The van der Waals surface area contributed by atoms with E-state index < -0.39 is 31.7 Å². The first kappa shape index (κ1) is 35.1. The van der Waals surface area contributed by atoms with E-state index in [4.69, 9.17) is 30.2 Å². The molecule has 1 saturated heterocycles. The van der Waals surface area contributed by atoms with Crippen molar-refractivity contribution in [3.8, 4) is 11.5 Å². The Kier molecular flexibility index (Phi) is 10.2. The summed E-state index contributed by atoms with van der Waals surface area (Å²) in [5.41, 5.74) is 0.388. The molecule has 2 aliphatic rings. The third-order valence-corrected chi connectivity index (χ3v) is 13.8. The van der Waals surface area contributed by atoms with E-state index in [2.05, 4.69) is 33.9 Å². The van der Waals surface area contributed by atoms with E-state index in [-0.39, 0.29) is 30.5 Å². The van der Waals surface area contributed by atoms with Gasteiger partial charge in [-0.25, -0.2) is 4.79 Å². The Labute approximate surface area is 273 Å². The van der Waals surface area contributed by atoms with Gasteiger partial charge in [-0.1, -0.05) is 44.5 Å². The fourth-order valence-corrected chi connectivity index (χ4v) is 6.96. The van der Waals surface area contributed by atoms with Crippen molar-refractivity contribution in [2.75, 3.05) is 31.7 Å². The van der Waals surface area contributed by atoms with Crippen molar-refractivity contribution in [1.29, 1.82) is 0 Å². The second-order valence-electron chi connectivity index (χ2n) is 14.6. The molecule has 0 bridgehead atoms. The average molecular weight is 661 g/mol. The predicted octanol–water partition coefficient (Wildman–Crippen LogP) is 6.97. The molecule has 0 unspecified atom stereocenters. The van der Waals surface area contributed by atoms with Crippen molar-refractivity contribution in [2.45, 2.75) is 103 Å². The standard InChI is InChI=1S/C34H49ClN2O7Si/c1-32(2,3)43-31(39)36-19-18-34(40,28(21-36)44-45(8,9)33(4,5)6)22-42-27-16-15-26(35)30-25(27)14-17-29(38)37(30)20-23-10-12-24(41-7)13-11-23/h10-13,15-16,28,40H,14,17-22H2,1-9H3/t28-,34-/m1/s1. The summed E-state index contributed by atoms with van der Waals surface area (Å²) in [5, 5.41) is 12.5. The molecule has 11 heteroatoms. The van der Waals surface area contributed by atoms with E-state index >= 15 is 0 Å². The van der Waals surface area contributed by atoms with Crippen LogP contribution >= 0.6 is 11.6 Å². The number of amides is 2. The van der Waals surface area contributed by atoms with E-state index in [1.807, 2.05) is 45.0 Å². The molecule has 0 aromatic heterocycles. The first-order valence-corrected chi connectivity index (χ1v) is 18.9. The van der Waals surface area contributed by atoms with Crippen LogP contribution in [0.4, 0.5) is 10.5 Å². The Balaban J connectivity index is 1.59. The highest BCUT2D eigenvalue weighted by molar-refractivity contribution is 6.74. The van der Waals surface area contributed by atoms with Crippen LogP contribution in [-0.4, -0.2) is 74.4 Å². The van der Waals surface area contributed by atoms with Crippen molar-refractivity contribution < 1.29 is 33.3 Å². The molecule has 45 heavy (non-hydrogen) atoms. The molecule has 2 atom stereocenters. The van der Waals surface area contributed by atoms with E-state index in [0.717, 1.165) is 16.9 Å². The fraction of sp³-hybridized carbons (Fsp3) is 0.588. The molecule has 2 heterocycles. The Bertz CT molecular complexity index is 1390. The number of fused-ring (bicyclic) bond motifs is 1. The Hall–Kier alpha value is -2.79. The predicted molar refractivity (Wildman–Crippen MR) is 179 cm³/mol. The number of benzene rings is 2. The number of anilines is 1. The molecule has 248 valence electrons. The van der Waals surface area contributed by atoms with Gasteiger partial charge >= 0.3 is 6.09 Å². The van der Waals surface area contributed by atoms with Crippen molar-refractivity contribution in [3.63, 3.8) is 0 Å². The maximum absolute atomic E-state index is 13.1. The minimum atomic E-state index is -2.36. The summed E-state index contributed by atoms with van der Waals surface area (Å²) in [5.74, 6) is 1.28. The molecule has 0 aliphatic carbocycles. The van der Waals surface area contributed by atoms with Gasteiger partial charge in [0, 0.05) is 18.5 Å². The second-order valence-corrected chi connectivity index (χ2v) is 19.8. The van der Waals surface area contributed by atoms with E-state index in [1.54, 1.807) is 29.0 Å². The molecular formula is C34H49ClN2O7Si. The number of hydrogen-bond acceptors (Lipinski definition) is 7. The number of aliphatic hydroxyl groups is 1. The van der Waals surface area contributed by atoms with Crippen LogP contribution in [0.2, 0.25) is 23.2 Å². The number of carbonyl (C=O) groups is 2. The van der Waals surface area contributed by atoms with Crippen LogP contribution in [-0.2, 0) is 26.9 Å². The van der Waals surface area contributed by atoms with E-state index in [9.17, 15) is 14.7 Å². The molecule has 0 saturated carbocycles. The van der Waals surface area contributed by atoms with Crippen molar-refractivity contribution in [1.82, 2.24) is 4.90 Å². The molecule has 0 radical (unpaired) electrons. The van der Waals surface area contributed by atoms with Gasteiger partial charge in [-0.3, -0.25) is 4.79 Å². The van der Waals surface area contributed by atoms with Gasteiger partial charge in [0.25, 0.3) is 0 Å². The normalized spacial score (nSPS) is 21.0. The first-order valence-electron chi connectivity index (χ1n) is 15.6. The first-order chi connectivity index (χ1) is 20.8. The average Bonchev–Trinajstić information content (AvgIpc) is 2.94. The number of hydrogen-bond donors (Lipinski definition) is 1. The minimum Gasteiger partial charge on any atom is -0.497 e. The quantitative estimate of drug-likeness (QED) is 0.306. The number of rotatable bonds is 8.